The maximum absolute atomic E-state index is 11.5. The summed E-state index contributed by atoms with van der Waals surface area (Å²) < 4.78 is 0.965. The van der Waals surface area contributed by atoms with Crippen molar-refractivity contribution in [3.05, 3.63) is 33.3 Å². The van der Waals surface area contributed by atoms with E-state index in [-0.39, 0.29) is 12.0 Å². The molecular weight excluding hydrogens is 342 g/mol. The summed E-state index contributed by atoms with van der Waals surface area (Å²) in [5.41, 5.74) is 1.11. The van der Waals surface area contributed by atoms with Crippen LogP contribution in [-0.2, 0) is 11.3 Å². The van der Waals surface area contributed by atoms with E-state index in [0.29, 0.717) is 23.4 Å². The Labute approximate surface area is 131 Å². The predicted octanol–water partition coefficient (Wildman–Crippen LogP) is 3.69. The number of aliphatic carboxylic acids is 1. The molecule has 5 heteroatoms. The molecule has 0 amide bonds. The lowest BCUT2D eigenvalue weighted by atomic mass is 9.84. The molecule has 2 N–H and O–H groups in total. The first-order valence-corrected chi connectivity index (χ1v) is 8.13. The van der Waals surface area contributed by atoms with Crippen molar-refractivity contribution in [2.75, 3.05) is 0 Å². The Morgan fingerprint density at radius 2 is 2.15 bits per heavy atom. The first-order chi connectivity index (χ1) is 9.56. The van der Waals surface area contributed by atoms with Crippen molar-refractivity contribution in [3.63, 3.8) is 0 Å². The summed E-state index contributed by atoms with van der Waals surface area (Å²) >= 11 is 9.43. The highest BCUT2D eigenvalue weighted by Crippen LogP contribution is 2.48. The van der Waals surface area contributed by atoms with E-state index in [1.807, 2.05) is 18.2 Å². The van der Waals surface area contributed by atoms with Crippen LogP contribution in [0.3, 0.4) is 0 Å². The average molecular weight is 359 g/mol. The normalized spacial score (nSPS) is 31.7. The maximum atomic E-state index is 11.5. The fourth-order valence-electron chi connectivity index (χ4n) is 3.83. The fourth-order valence-corrected chi connectivity index (χ4v) is 4.66. The zero-order valence-corrected chi connectivity index (χ0v) is 13.3. The van der Waals surface area contributed by atoms with Crippen molar-refractivity contribution in [3.8, 4) is 0 Å². The van der Waals surface area contributed by atoms with E-state index in [0.717, 1.165) is 29.3 Å². The van der Waals surface area contributed by atoms with E-state index in [1.54, 1.807) is 0 Å². The molecule has 4 atom stereocenters. The third-order valence-electron chi connectivity index (χ3n) is 4.74. The van der Waals surface area contributed by atoms with Crippen molar-refractivity contribution in [2.24, 2.45) is 17.8 Å². The second-order valence-corrected chi connectivity index (χ2v) is 7.13. The van der Waals surface area contributed by atoms with Gasteiger partial charge in [0.1, 0.15) is 0 Å². The van der Waals surface area contributed by atoms with Gasteiger partial charge in [0.2, 0.25) is 0 Å². The lowest BCUT2D eigenvalue weighted by molar-refractivity contribution is -0.144. The van der Waals surface area contributed by atoms with E-state index in [4.69, 9.17) is 11.6 Å². The van der Waals surface area contributed by atoms with Crippen LogP contribution in [0.1, 0.15) is 24.8 Å². The van der Waals surface area contributed by atoms with Crippen LogP contribution in [0.5, 0.6) is 0 Å². The molecule has 0 aromatic heterocycles. The van der Waals surface area contributed by atoms with Gasteiger partial charge in [0, 0.05) is 22.1 Å². The largest absolute Gasteiger partial charge is 0.481 e. The monoisotopic (exact) mass is 357 g/mol. The molecule has 2 bridgehead atoms. The second kappa shape index (κ2) is 5.66. The molecule has 3 rings (SSSR count). The third kappa shape index (κ3) is 2.61. The zero-order chi connectivity index (χ0) is 14.3. The number of halogens is 2. The number of carbonyl (C=O) groups is 1. The maximum Gasteiger partial charge on any atom is 0.308 e. The molecule has 4 unspecified atom stereocenters. The molecule has 1 aromatic carbocycles. The van der Waals surface area contributed by atoms with E-state index < -0.39 is 5.97 Å². The van der Waals surface area contributed by atoms with Gasteiger partial charge in [0.05, 0.1) is 5.92 Å². The standard InChI is InChI=1S/C15H17BrClNO2/c16-12-6-11(17)4-3-10(12)7-18-14-9-2-1-8(5-9)13(14)15(19)20/h3-4,6,8-9,13-14,18H,1-2,5,7H2,(H,19,20). The van der Waals surface area contributed by atoms with Gasteiger partial charge in [-0.1, -0.05) is 33.6 Å². The first-order valence-electron chi connectivity index (χ1n) is 6.96. The fraction of sp³-hybridized carbons (Fsp3) is 0.533. The van der Waals surface area contributed by atoms with Crippen LogP contribution in [0.2, 0.25) is 5.02 Å². The van der Waals surface area contributed by atoms with Gasteiger partial charge in [-0.2, -0.15) is 0 Å². The quantitative estimate of drug-likeness (QED) is 0.863. The minimum atomic E-state index is -0.648. The Kier molecular flexibility index (Phi) is 4.07. The number of rotatable bonds is 4. The SMILES string of the molecule is O=C(O)C1C2CCC(C2)C1NCc1ccc(Cl)cc1Br. The lowest BCUT2D eigenvalue weighted by Gasteiger charge is -2.29. The molecule has 2 fully saturated rings. The predicted molar refractivity (Wildman–Crippen MR) is 81.7 cm³/mol. The van der Waals surface area contributed by atoms with E-state index in [2.05, 4.69) is 21.2 Å². The molecule has 0 saturated heterocycles. The number of fused-ring (bicyclic) bond motifs is 2. The summed E-state index contributed by atoms with van der Waals surface area (Å²) in [7, 11) is 0. The molecule has 0 aliphatic heterocycles. The summed E-state index contributed by atoms with van der Waals surface area (Å²) in [4.78, 5) is 11.5. The van der Waals surface area contributed by atoms with Crippen LogP contribution >= 0.6 is 27.5 Å². The Hall–Kier alpha value is -0.580. The average Bonchev–Trinajstić information content (AvgIpc) is 2.97. The van der Waals surface area contributed by atoms with Crippen molar-refractivity contribution in [1.82, 2.24) is 5.32 Å². The first kappa shape index (κ1) is 14.4. The van der Waals surface area contributed by atoms with Crippen LogP contribution in [-0.4, -0.2) is 17.1 Å². The number of hydrogen-bond donors (Lipinski definition) is 2. The van der Waals surface area contributed by atoms with Crippen molar-refractivity contribution < 1.29 is 9.90 Å². The van der Waals surface area contributed by atoms with Gasteiger partial charge in [-0.25, -0.2) is 0 Å². The number of benzene rings is 1. The Balaban J connectivity index is 1.70. The minimum Gasteiger partial charge on any atom is -0.481 e. The van der Waals surface area contributed by atoms with Crippen LogP contribution in [0, 0.1) is 17.8 Å². The number of nitrogens with one attached hydrogen (secondary N) is 1. The number of carboxylic acids is 1. The molecule has 108 valence electrons. The molecular formula is C15H17BrClNO2. The Bertz CT molecular complexity index is 537. The van der Waals surface area contributed by atoms with Crippen LogP contribution in [0.15, 0.2) is 22.7 Å². The van der Waals surface area contributed by atoms with E-state index in [9.17, 15) is 9.90 Å². The Morgan fingerprint density at radius 1 is 1.40 bits per heavy atom. The summed E-state index contributed by atoms with van der Waals surface area (Å²) in [5.74, 6) is 0.0144. The highest BCUT2D eigenvalue weighted by atomic mass is 79.9. The molecule has 20 heavy (non-hydrogen) atoms. The molecule has 0 spiro atoms. The second-order valence-electron chi connectivity index (χ2n) is 5.84. The van der Waals surface area contributed by atoms with Crippen molar-refractivity contribution >= 4 is 33.5 Å². The summed E-state index contributed by atoms with van der Waals surface area (Å²) in [6, 6.07) is 5.81. The van der Waals surface area contributed by atoms with Gasteiger partial charge >= 0.3 is 5.97 Å². The van der Waals surface area contributed by atoms with Crippen LogP contribution in [0.25, 0.3) is 0 Å². The van der Waals surface area contributed by atoms with Gasteiger partial charge in [-0.15, -0.1) is 0 Å². The summed E-state index contributed by atoms with van der Waals surface area (Å²) in [5, 5.41) is 13.6. The van der Waals surface area contributed by atoms with Crippen LogP contribution in [0.4, 0.5) is 0 Å². The van der Waals surface area contributed by atoms with Crippen molar-refractivity contribution in [2.45, 2.75) is 31.8 Å². The summed E-state index contributed by atoms with van der Waals surface area (Å²) in [6.45, 7) is 0.676. The molecule has 2 saturated carbocycles. The Morgan fingerprint density at radius 3 is 2.85 bits per heavy atom. The van der Waals surface area contributed by atoms with Gasteiger partial charge in [-0.05, 0) is 48.8 Å². The van der Waals surface area contributed by atoms with E-state index in [1.165, 1.54) is 0 Å². The molecule has 2 aliphatic rings. The lowest BCUT2D eigenvalue weighted by Crippen LogP contribution is -2.43. The number of hydrogen-bond acceptors (Lipinski definition) is 2. The van der Waals surface area contributed by atoms with Gasteiger partial charge in [0.25, 0.3) is 0 Å². The molecule has 0 heterocycles. The molecule has 3 nitrogen and oxygen atoms in total. The molecule has 0 radical (unpaired) electrons. The third-order valence-corrected chi connectivity index (χ3v) is 5.72. The summed E-state index contributed by atoms with van der Waals surface area (Å²) in [6.07, 6.45) is 3.30. The molecule has 2 aliphatic carbocycles. The van der Waals surface area contributed by atoms with Gasteiger partial charge in [0.15, 0.2) is 0 Å². The van der Waals surface area contributed by atoms with Crippen LogP contribution < -0.4 is 5.32 Å². The zero-order valence-electron chi connectivity index (χ0n) is 11.0. The van der Waals surface area contributed by atoms with E-state index >= 15 is 0 Å². The molecule has 1 aromatic rings. The van der Waals surface area contributed by atoms with Gasteiger partial charge < -0.3 is 10.4 Å². The minimum absolute atomic E-state index is 0.105. The topological polar surface area (TPSA) is 49.3 Å². The highest BCUT2D eigenvalue weighted by molar-refractivity contribution is 9.10. The van der Waals surface area contributed by atoms with Gasteiger partial charge in [-0.3, -0.25) is 4.79 Å². The number of carboxylic acid groups (broad SMARTS) is 1. The van der Waals surface area contributed by atoms with Crippen molar-refractivity contribution in [1.29, 1.82) is 0 Å². The highest BCUT2D eigenvalue weighted by Gasteiger charge is 2.50. The smallest absolute Gasteiger partial charge is 0.308 e.